The molecule has 1 aliphatic rings. The van der Waals surface area contributed by atoms with Crippen LogP contribution in [0.2, 0.25) is 15.1 Å². The molecule has 1 fully saturated rings. The van der Waals surface area contributed by atoms with Crippen LogP contribution in [0.5, 0.6) is 17.2 Å². The molecule has 3 aromatic carbocycles. The molecule has 1 aromatic heterocycles. The molecule has 290 valence electrons. The summed E-state index contributed by atoms with van der Waals surface area (Å²) in [5, 5.41) is 35.6. The summed E-state index contributed by atoms with van der Waals surface area (Å²) >= 11 is 20.5. The van der Waals surface area contributed by atoms with Crippen molar-refractivity contribution < 1.29 is 34.0 Å². The van der Waals surface area contributed by atoms with E-state index in [0.29, 0.717) is 61.5 Å². The molecule has 1 saturated heterocycles. The highest BCUT2D eigenvalue weighted by atomic mass is 35.5. The van der Waals surface area contributed by atoms with Gasteiger partial charge in [0, 0.05) is 85.4 Å². The molecule has 0 spiro atoms. The molecule has 55 heavy (non-hydrogen) atoms. The van der Waals surface area contributed by atoms with Crippen molar-refractivity contribution in [2.24, 2.45) is 0 Å². The van der Waals surface area contributed by atoms with Crippen LogP contribution in [-0.2, 0) is 29.3 Å². The van der Waals surface area contributed by atoms with Crippen molar-refractivity contribution in [3.63, 3.8) is 0 Å². The Morgan fingerprint density at radius 2 is 1.73 bits per heavy atom. The first kappa shape index (κ1) is 41.6. The molecule has 1 aliphatic heterocycles. The third-order valence-electron chi connectivity index (χ3n) is 9.16. The minimum absolute atomic E-state index is 0.00831. The summed E-state index contributed by atoms with van der Waals surface area (Å²) in [6.07, 6.45) is 4.75. The molecule has 1 amide bonds. The van der Waals surface area contributed by atoms with E-state index in [4.69, 9.17) is 49.0 Å². The number of carboxylic acids is 1. The lowest BCUT2D eigenvalue weighted by Crippen LogP contribution is -2.52. The maximum atomic E-state index is 11.8. The Labute approximate surface area is 334 Å². The van der Waals surface area contributed by atoms with Crippen LogP contribution in [0, 0.1) is 11.3 Å². The second-order valence-electron chi connectivity index (χ2n) is 13.4. The number of benzene rings is 3. The maximum Gasteiger partial charge on any atom is 0.326 e. The number of carbonyl (C=O) groups is 2. The molecule has 2 heterocycles. The molecule has 0 radical (unpaired) electrons. The number of aromatic nitrogens is 1. The Kier molecular flexibility index (Phi) is 14.6. The van der Waals surface area contributed by atoms with E-state index in [0.717, 1.165) is 32.5 Å². The van der Waals surface area contributed by atoms with Crippen LogP contribution in [0.15, 0.2) is 67.0 Å². The van der Waals surface area contributed by atoms with Gasteiger partial charge in [0.15, 0.2) is 0 Å². The van der Waals surface area contributed by atoms with Crippen molar-refractivity contribution in [1.82, 2.24) is 20.5 Å². The number of hydrogen-bond donors (Lipinski definition) is 4. The fraction of sp³-hybridized carbons (Fsp3) is 0.350. The number of aliphatic carboxylic acids is 1. The van der Waals surface area contributed by atoms with Crippen molar-refractivity contribution in [2.45, 2.75) is 58.0 Å². The lowest BCUT2D eigenvalue weighted by molar-refractivity contribution is -0.146. The van der Waals surface area contributed by atoms with E-state index in [1.807, 2.05) is 42.5 Å². The van der Waals surface area contributed by atoms with Gasteiger partial charge < -0.3 is 34.6 Å². The Morgan fingerprint density at radius 1 is 0.982 bits per heavy atom. The second kappa shape index (κ2) is 19.3. The van der Waals surface area contributed by atoms with Crippen molar-refractivity contribution in [3.8, 4) is 34.4 Å². The number of likely N-dealkylation sites (tertiary alicyclic amines) is 1. The van der Waals surface area contributed by atoms with Crippen LogP contribution in [0.1, 0.15) is 48.9 Å². The van der Waals surface area contributed by atoms with Gasteiger partial charge in [0.25, 0.3) is 0 Å². The largest absolute Gasteiger partial charge is 0.492 e. The third kappa shape index (κ3) is 11.0. The van der Waals surface area contributed by atoms with Crippen molar-refractivity contribution in [1.29, 1.82) is 5.26 Å². The minimum atomic E-state index is -1.62. The fourth-order valence-corrected chi connectivity index (χ4v) is 6.84. The normalized spacial score (nSPS) is 15.2. The molecule has 0 saturated carbocycles. The van der Waals surface area contributed by atoms with Crippen LogP contribution in [0.3, 0.4) is 0 Å². The topological polar surface area (TPSA) is 166 Å². The molecular formula is C40H42Cl3N5O7. The van der Waals surface area contributed by atoms with Crippen LogP contribution in [0.4, 0.5) is 0 Å². The number of ether oxygens (including phenoxy) is 3. The van der Waals surface area contributed by atoms with Gasteiger partial charge in [-0.2, -0.15) is 5.26 Å². The van der Waals surface area contributed by atoms with Crippen LogP contribution in [0.25, 0.3) is 11.1 Å². The Bertz CT molecular complexity index is 2050. The zero-order valence-corrected chi connectivity index (χ0v) is 32.7. The van der Waals surface area contributed by atoms with Crippen LogP contribution >= 0.6 is 34.8 Å². The van der Waals surface area contributed by atoms with Gasteiger partial charge in [-0.25, -0.2) is 0 Å². The van der Waals surface area contributed by atoms with Gasteiger partial charge in [0.1, 0.15) is 42.1 Å². The Morgan fingerprint density at radius 3 is 2.45 bits per heavy atom. The number of rotatable bonds is 18. The predicted octanol–water partition coefficient (Wildman–Crippen LogP) is 6.64. The van der Waals surface area contributed by atoms with E-state index in [1.54, 1.807) is 24.4 Å². The zero-order chi connectivity index (χ0) is 39.5. The second-order valence-corrected chi connectivity index (χ2v) is 14.6. The maximum absolute atomic E-state index is 11.8. The van der Waals surface area contributed by atoms with E-state index in [2.05, 4.69) is 20.5 Å². The minimum Gasteiger partial charge on any atom is -0.492 e. The van der Waals surface area contributed by atoms with Gasteiger partial charge >= 0.3 is 5.97 Å². The van der Waals surface area contributed by atoms with Gasteiger partial charge in [0.05, 0.1) is 33.8 Å². The predicted molar refractivity (Wildman–Crippen MR) is 210 cm³/mol. The third-order valence-corrected chi connectivity index (χ3v) is 10.3. The van der Waals surface area contributed by atoms with Crippen molar-refractivity contribution >= 4 is 46.7 Å². The molecule has 4 aromatic rings. The van der Waals surface area contributed by atoms with E-state index in [9.17, 15) is 25.1 Å². The van der Waals surface area contributed by atoms with E-state index in [1.165, 1.54) is 20.0 Å². The number of carboxylic acid groups (broad SMARTS) is 1. The molecule has 0 bridgehead atoms. The standard InChI is InChI=1S/C40H42Cl3N5O7/c1-25(50)47-30-10-12-48(21-30)11-5-13-53-34-9-4-8-32(38(34)43)31-7-3-6-28(37(31)42)23-55-36-16-35(54-22-27-14-26(17-44)18-45-19-27)29(15-33(36)41)20-46-40(2,24-49)39(51)52/h3-4,6-9,14-16,18-19,30,46,49H,5,10-13,20-24H2,1-2H3,(H,47,50)(H,51,52)/t30-,40?/m0/s1. The summed E-state index contributed by atoms with van der Waals surface area (Å²) < 4.78 is 18.4. The number of nitrogens with zero attached hydrogens (tertiary/aromatic N) is 3. The first-order valence-electron chi connectivity index (χ1n) is 17.6. The molecule has 4 N–H and O–H groups in total. The summed E-state index contributed by atoms with van der Waals surface area (Å²) in [4.78, 5) is 29.6. The highest BCUT2D eigenvalue weighted by Crippen LogP contribution is 2.40. The molecule has 1 unspecified atom stereocenters. The lowest BCUT2D eigenvalue weighted by atomic mass is 10.0. The first-order chi connectivity index (χ1) is 26.4. The SMILES string of the molecule is CC(=O)N[C@H]1CCN(CCCOc2cccc(-c3cccc(COc4cc(OCc5cncc(C#N)c5)c(CNC(C)(CO)C(=O)O)cc4Cl)c3Cl)c2Cl)C1. The fourth-order valence-electron chi connectivity index (χ4n) is 6.03. The number of carbonyl (C=O) groups excluding carboxylic acids is 1. The van der Waals surface area contributed by atoms with Gasteiger partial charge in [-0.15, -0.1) is 0 Å². The summed E-state index contributed by atoms with van der Waals surface area (Å²) in [5.74, 6) is -0.0812. The first-order valence-corrected chi connectivity index (χ1v) is 18.7. The number of aliphatic hydroxyl groups is 1. The smallest absolute Gasteiger partial charge is 0.326 e. The van der Waals surface area contributed by atoms with Gasteiger partial charge in [-0.3, -0.25) is 19.9 Å². The number of aliphatic hydroxyl groups excluding tert-OH is 1. The number of hydrogen-bond acceptors (Lipinski definition) is 10. The monoisotopic (exact) mass is 809 g/mol. The number of nitriles is 1. The van der Waals surface area contributed by atoms with E-state index < -0.39 is 18.1 Å². The Balaban J connectivity index is 1.28. The molecule has 15 heteroatoms. The average molecular weight is 811 g/mol. The van der Waals surface area contributed by atoms with E-state index >= 15 is 0 Å². The molecule has 5 rings (SSSR count). The number of nitrogens with one attached hydrogen (secondary N) is 2. The van der Waals surface area contributed by atoms with Gasteiger partial charge in [-0.1, -0.05) is 65.1 Å². The highest BCUT2D eigenvalue weighted by Gasteiger charge is 2.32. The van der Waals surface area contributed by atoms with Gasteiger partial charge in [-0.05, 0) is 38.0 Å². The average Bonchev–Trinajstić information content (AvgIpc) is 3.62. The lowest BCUT2D eigenvalue weighted by Gasteiger charge is -2.25. The number of halogens is 3. The van der Waals surface area contributed by atoms with E-state index in [-0.39, 0.29) is 42.5 Å². The number of pyridine rings is 1. The van der Waals surface area contributed by atoms with Gasteiger partial charge in [0.2, 0.25) is 5.91 Å². The molecule has 2 atom stereocenters. The molecule has 12 nitrogen and oxygen atoms in total. The quantitative estimate of drug-likeness (QED) is 0.0796. The Hall–Kier alpha value is -4.61. The molecular weight excluding hydrogens is 769 g/mol. The zero-order valence-electron chi connectivity index (χ0n) is 30.4. The van der Waals surface area contributed by atoms with Crippen LogP contribution < -0.4 is 24.8 Å². The summed E-state index contributed by atoms with van der Waals surface area (Å²) in [7, 11) is 0. The molecule has 0 aliphatic carbocycles. The number of amides is 1. The summed E-state index contributed by atoms with van der Waals surface area (Å²) in [6, 6.07) is 18.2. The summed E-state index contributed by atoms with van der Waals surface area (Å²) in [6.45, 7) is 5.40. The van der Waals surface area contributed by atoms with Crippen molar-refractivity contribution in [2.75, 3.05) is 32.8 Å². The van der Waals surface area contributed by atoms with Crippen molar-refractivity contribution in [3.05, 3.63) is 104 Å². The highest BCUT2D eigenvalue weighted by molar-refractivity contribution is 6.37. The van der Waals surface area contributed by atoms with Crippen LogP contribution in [-0.4, -0.2) is 76.4 Å². The summed E-state index contributed by atoms with van der Waals surface area (Å²) in [5.41, 5.74) is 1.94.